The van der Waals surface area contributed by atoms with Crippen LogP contribution >= 0.6 is 0 Å². The summed E-state index contributed by atoms with van der Waals surface area (Å²) in [4.78, 5) is 16.2. The number of para-hydroxylation sites is 2. The molecule has 24 heavy (non-hydrogen) atoms. The lowest BCUT2D eigenvalue weighted by Gasteiger charge is -2.12. The second-order valence-corrected chi connectivity index (χ2v) is 5.02. The van der Waals surface area contributed by atoms with Gasteiger partial charge in [-0.1, -0.05) is 12.1 Å². The number of halogens is 3. The average molecular weight is 331 g/mol. The van der Waals surface area contributed by atoms with Gasteiger partial charge in [0.25, 0.3) is 5.91 Å². The minimum absolute atomic E-state index is 0.142. The lowest BCUT2D eigenvalue weighted by molar-refractivity contribution is -0.137. The molecular weight excluding hydrogens is 319 g/mol. The van der Waals surface area contributed by atoms with Crippen LogP contribution in [0.15, 0.2) is 67.3 Å². The summed E-state index contributed by atoms with van der Waals surface area (Å²) in [7, 11) is 0. The van der Waals surface area contributed by atoms with E-state index in [1.807, 2.05) is 6.07 Å². The molecule has 0 fully saturated rings. The first kappa shape index (κ1) is 15.8. The normalized spacial score (nSPS) is 11.3. The highest BCUT2D eigenvalue weighted by atomic mass is 19.4. The van der Waals surface area contributed by atoms with Gasteiger partial charge < -0.3 is 9.88 Å². The largest absolute Gasteiger partial charge is 0.416 e. The number of benzene rings is 2. The summed E-state index contributed by atoms with van der Waals surface area (Å²) in [5.74, 6) is -0.490. The number of aromatic nitrogens is 2. The van der Waals surface area contributed by atoms with Crippen molar-refractivity contribution in [3.8, 4) is 5.69 Å². The predicted octanol–water partition coefficient (Wildman–Crippen LogP) is 4.14. The lowest BCUT2D eigenvalue weighted by atomic mass is 10.1. The van der Waals surface area contributed by atoms with Crippen molar-refractivity contribution in [3.63, 3.8) is 0 Å². The predicted molar refractivity (Wildman–Crippen MR) is 83.0 cm³/mol. The summed E-state index contributed by atoms with van der Waals surface area (Å²) in [6, 6.07) is 11.1. The monoisotopic (exact) mass is 331 g/mol. The molecule has 1 N–H and O–H groups in total. The smallest absolute Gasteiger partial charge is 0.320 e. The Labute approximate surface area is 135 Å². The molecule has 0 aliphatic rings. The van der Waals surface area contributed by atoms with E-state index in [0.717, 1.165) is 24.3 Å². The maximum absolute atomic E-state index is 12.6. The number of hydrogen-bond acceptors (Lipinski definition) is 2. The molecule has 1 amide bonds. The van der Waals surface area contributed by atoms with E-state index in [1.165, 1.54) is 0 Å². The van der Waals surface area contributed by atoms with Crippen LogP contribution < -0.4 is 5.32 Å². The summed E-state index contributed by atoms with van der Waals surface area (Å²) < 4.78 is 39.4. The van der Waals surface area contributed by atoms with Gasteiger partial charge in [0, 0.05) is 18.0 Å². The van der Waals surface area contributed by atoms with E-state index in [9.17, 15) is 18.0 Å². The number of nitrogens with one attached hydrogen (secondary N) is 1. The molecule has 4 nitrogen and oxygen atoms in total. The Balaban J connectivity index is 1.83. The van der Waals surface area contributed by atoms with E-state index in [0.29, 0.717) is 11.4 Å². The van der Waals surface area contributed by atoms with Crippen molar-refractivity contribution in [1.29, 1.82) is 0 Å². The number of amides is 1. The van der Waals surface area contributed by atoms with E-state index in [1.54, 1.807) is 41.5 Å². The molecule has 0 unspecified atom stereocenters. The van der Waals surface area contributed by atoms with Gasteiger partial charge in [-0.3, -0.25) is 4.79 Å². The van der Waals surface area contributed by atoms with Crippen LogP contribution in [0.25, 0.3) is 5.69 Å². The number of nitrogens with zero attached hydrogens (tertiary/aromatic N) is 2. The third-order valence-corrected chi connectivity index (χ3v) is 3.41. The van der Waals surface area contributed by atoms with Gasteiger partial charge >= 0.3 is 6.18 Å². The Morgan fingerprint density at radius 1 is 1.04 bits per heavy atom. The van der Waals surface area contributed by atoms with E-state index in [2.05, 4.69) is 10.3 Å². The van der Waals surface area contributed by atoms with Crippen molar-refractivity contribution in [3.05, 3.63) is 78.4 Å². The minimum Gasteiger partial charge on any atom is -0.320 e. The first-order valence-electron chi connectivity index (χ1n) is 7.01. The second-order valence-electron chi connectivity index (χ2n) is 5.02. The van der Waals surface area contributed by atoms with Gasteiger partial charge in [-0.05, 0) is 36.4 Å². The summed E-state index contributed by atoms with van der Waals surface area (Å²) in [5, 5.41) is 2.70. The molecule has 2 aromatic carbocycles. The highest BCUT2D eigenvalue weighted by molar-refractivity contribution is 6.05. The molecule has 0 aliphatic heterocycles. The SMILES string of the molecule is O=C(Nc1ccccc1-n1ccnc1)c1ccc(C(F)(F)F)cc1. The summed E-state index contributed by atoms with van der Waals surface area (Å²) in [6.45, 7) is 0. The summed E-state index contributed by atoms with van der Waals surface area (Å²) in [6.07, 6.45) is 0.490. The van der Waals surface area contributed by atoms with E-state index in [4.69, 9.17) is 0 Å². The van der Waals surface area contributed by atoms with Crippen LogP contribution in [-0.2, 0) is 6.18 Å². The van der Waals surface area contributed by atoms with Gasteiger partial charge in [0.2, 0.25) is 0 Å². The zero-order chi connectivity index (χ0) is 17.2. The molecule has 0 bridgehead atoms. The van der Waals surface area contributed by atoms with E-state index in [-0.39, 0.29) is 5.56 Å². The molecular formula is C17H12F3N3O. The molecule has 1 aromatic heterocycles. The quantitative estimate of drug-likeness (QED) is 0.784. The molecule has 122 valence electrons. The minimum atomic E-state index is -4.43. The van der Waals surface area contributed by atoms with Crippen molar-refractivity contribution >= 4 is 11.6 Å². The van der Waals surface area contributed by atoms with Gasteiger partial charge in [-0.25, -0.2) is 4.98 Å². The molecule has 0 spiro atoms. The third-order valence-electron chi connectivity index (χ3n) is 3.41. The Hall–Kier alpha value is -3.09. The van der Waals surface area contributed by atoms with Gasteiger partial charge in [-0.15, -0.1) is 0 Å². The molecule has 3 aromatic rings. The number of hydrogen-bond donors (Lipinski definition) is 1. The van der Waals surface area contributed by atoms with Crippen LogP contribution in [0.2, 0.25) is 0 Å². The number of alkyl halides is 3. The fourth-order valence-electron chi connectivity index (χ4n) is 2.21. The molecule has 0 saturated carbocycles. The standard InChI is InChI=1S/C17H12F3N3O/c18-17(19,20)13-7-5-12(6-8-13)16(24)22-14-3-1-2-4-15(14)23-10-9-21-11-23/h1-11H,(H,22,24). The fourth-order valence-corrected chi connectivity index (χ4v) is 2.21. The molecule has 1 heterocycles. The summed E-state index contributed by atoms with van der Waals surface area (Å²) >= 11 is 0. The Kier molecular flexibility index (Phi) is 4.07. The van der Waals surface area contributed by atoms with Gasteiger partial charge in [0.05, 0.1) is 23.3 Å². The Bertz CT molecular complexity index is 840. The molecule has 7 heteroatoms. The van der Waals surface area contributed by atoms with E-state index >= 15 is 0 Å². The zero-order valence-electron chi connectivity index (χ0n) is 12.3. The van der Waals surface area contributed by atoms with Crippen LogP contribution in [-0.4, -0.2) is 15.5 Å². The zero-order valence-corrected chi connectivity index (χ0v) is 12.3. The number of imidazole rings is 1. The van der Waals surface area contributed by atoms with Crippen LogP contribution in [0.5, 0.6) is 0 Å². The van der Waals surface area contributed by atoms with Crippen LogP contribution in [0, 0.1) is 0 Å². The van der Waals surface area contributed by atoms with Crippen molar-refractivity contribution < 1.29 is 18.0 Å². The molecule has 0 atom stereocenters. The molecule has 0 radical (unpaired) electrons. The summed E-state index contributed by atoms with van der Waals surface area (Å²) in [5.41, 5.74) is 0.581. The molecule has 0 saturated heterocycles. The van der Waals surface area contributed by atoms with Crippen molar-refractivity contribution in [2.24, 2.45) is 0 Å². The van der Waals surface area contributed by atoms with Crippen LogP contribution in [0.3, 0.4) is 0 Å². The van der Waals surface area contributed by atoms with Gasteiger partial charge in [-0.2, -0.15) is 13.2 Å². The molecule has 3 rings (SSSR count). The second kappa shape index (κ2) is 6.19. The van der Waals surface area contributed by atoms with Crippen molar-refractivity contribution in [1.82, 2.24) is 9.55 Å². The Morgan fingerprint density at radius 3 is 2.38 bits per heavy atom. The van der Waals surface area contributed by atoms with Crippen molar-refractivity contribution in [2.75, 3.05) is 5.32 Å². The number of carbonyl (C=O) groups excluding carboxylic acids is 1. The van der Waals surface area contributed by atoms with E-state index < -0.39 is 17.6 Å². The van der Waals surface area contributed by atoms with Gasteiger partial charge in [0.15, 0.2) is 0 Å². The highest BCUT2D eigenvalue weighted by Crippen LogP contribution is 2.29. The average Bonchev–Trinajstić information content (AvgIpc) is 3.09. The Morgan fingerprint density at radius 2 is 1.75 bits per heavy atom. The maximum atomic E-state index is 12.6. The maximum Gasteiger partial charge on any atom is 0.416 e. The first-order chi connectivity index (χ1) is 11.4. The first-order valence-corrected chi connectivity index (χ1v) is 7.01. The number of rotatable bonds is 3. The van der Waals surface area contributed by atoms with Gasteiger partial charge in [0.1, 0.15) is 0 Å². The van der Waals surface area contributed by atoms with Crippen molar-refractivity contribution in [2.45, 2.75) is 6.18 Å². The fraction of sp³-hybridized carbons (Fsp3) is 0.0588. The number of carbonyl (C=O) groups is 1. The highest BCUT2D eigenvalue weighted by Gasteiger charge is 2.30. The topological polar surface area (TPSA) is 46.9 Å². The molecule has 0 aliphatic carbocycles. The lowest BCUT2D eigenvalue weighted by Crippen LogP contribution is -2.14. The van der Waals surface area contributed by atoms with Crippen LogP contribution in [0.1, 0.15) is 15.9 Å². The van der Waals surface area contributed by atoms with Crippen LogP contribution in [0.4, 0.5) is 18.9 Å². The third kappa shape index (κ3) is 3.29. The number of anilines is 1.